The Kier molecular flexibility index (Phi) is 8.58. The second kappa shape index (κ2) is 11.9. The Hall–Kier alpha value is -4.16. The second-order valence-corrected chi connectivity index (χ2v) is 12.3. The van der Waals surface area contributed by atoms with E-state index >= 15 is 0 Å². The fourth-order valence-corrected chi connectivity index (χ4v) is 5.00. The van der Waals surface area contributed by atoms with E-state index in [1.54, 1.807) is 42.3 Å². The normalized spacial score (nSPS) is 12.7. The van der Waals surface area contributed by atoms with Gasteiger partial charge in [0.15, 0.2) is 5.69 Å². The lowest BCUT2D eigenvalue weighted by atomic mass is 9.52. The van der Waals surface area contributed by atoms with E-state index < -0.39 is 16.1 Å². The van der Waals surface area contributed by atoms with Crippen LogP contribution in [0.25, 0.3) is 28.1 Å². The van der Waals surface area contributed by atoms with Crippen molar-refractivity contribution in [1.29, 1.82) is 5.26 Å². The average Bonchev–Trinajstić information content (AvgIpc) is 3.33. The van der Waals surface area contributed by atoms with Gasteiger partial charge in [-0.15, -0.1) is 0 Å². The third-order valence-corrected chi connectivity index (χ3v) is 7.28. The number of hydrogen-bond acceptors (Lipinski definition) is 7. The van der Waals surface area contributed by atoms with Crippen LogP contribution in [-0.4, -0.2) is 95.8 Å². The van der Waals surface area contributed by atoms with Crippen molar-refractivity contribution >= 4 is 64.6 Å². The van der Waals surface area contributed by atoms with Gasteiger partial charge < -0.3 is 19.1 Å². The molecule has 0 saturated carbocycles. The molecule has 2 aromatic carbocycles. The number of carbonyl (C=O) groups is 1. The molecule has 12 radical (unpaired) electrons. The van der Waals surface area contributed by atoms with Crippen LogP contribution in [0.15, 0.2) is 48.8 Å². The van der Waals surface area contributed by atoms with Crippen molar-refractivity contribution < 1.29 is 19.0 Å². The van der Waals surface area contributed by atoms with E-state index in [9.17, 15) is 10.1 Å². The van der Waals surface area contributed by atoms with Crippen molar-refractivity contribution in [3.63, 3.8) is 0 Å². The number of rotatable bonds is 7. The number of aromatic nitrogens is 3. The van der Waals surface area contributed by atoms with Crippen molar-refractivity contribution in [2.45, 2.75) is 43.5 Å². The van der Waals surface area contributed by atoms with Crippen LogP contribution in [0, 0.1) is 11.3 Å². The summed E-state index contributed by atoms with van der Waals surface area (Å²) in [4.78, 5) is 19.7. The van der Waals surface area contributed by atoms with Gasteiger partial charge in [-0.05, 0) is 55.6 Å². The summed E-state index contributed by atoms with van der Waals surface area (Å²) in [6, 6.07) is 11.6. The molecule has 1 amide bonds. The molecule has 1 aliphatic rings. The lowest BCUT2D eigenvalue weighted by Gasteiger charge is -2.31. The summed E-state index contributed by atoms with van der Waals surface area (Å²) >= 11 is 6.48. The Morgan fingerprint density at radius 2 is 1.70 bits per heavy atom. The Morgan fingerprint density at radius 1 is 1.00 bits per heavy atom. The van der Waals surface area contributed by atoms with E-state index in [4.69, 9.17) is 78.0 Å². The minimum Gasteiger partial charge on any atom is -0.516 e. The molecule has 5 rings (SSSR count). The quantitative estimate of drug-likeness (QED) is 0.294. The van der Waals surface area contributed by atoms with E-state index in [0.29, 0.717) is 44.9 Å². The van der Waals surface area contributed by atoms with E-state index in [2.05, 4.69) is 11.1 Å². The predicted molar refractivity (Wildman–Crippen MR) is 179 cm³/mol. The number of hydrogen-bond donors (Lipinski definition) is 0. The summed E-state index contributed by atoms with van der Waals surface area (Å²) in [7, 11) is 36.2. The van der Waals surface area contributed by atoms with Crippen LogP contribution < -0.4 is 14.2 Å². The second-order valence-electron chi connectivity index (χ2n) is 11.9. The SMILES string of the molecule is [B]C([B])([B])Oc1cc(Cl)cc(-n2nc(C(=O)N(C)C(C)(C)C)c3c2-c2cc(-c4cncc(C#N)c4)c(OC([B])([B])[B])cc2OC3)c1. The summed E-state index contributed by atoms with van der Waals surface area (Å²) in [6.45, 7) is 5.68. The fourth-order valence-electron chi connectivity index (χ4n) is 4.78. The van der Waals surface area contributed by atoms with E-state index in [1.165, 1.54) is 23.1 Å². The van der Waals surface area contributed by atoms with Crippen molar-refractivity contribution in [2.24, 2.45) is 0 Å². The molecule has 0 fully saturated rings. The molecule has 0 saturated heterocycles. The number of nitrogens with zero attached hydrogens (tertiary/aromatic N) is 5. The Morgan fingerprint density at radius 3 is 2.33 bits per heavy atom. The number of ether oxygens (including phenoxy) is 3. The molecule has 46 heavy (non-hydrogen) atoms. The van der Waals surface area contributed by atoms with Crippen molar-refractivity contribution in [1.82, 2.24) is 19.7 Å². The van der Waals surface area contributed by atoms with Gasteiger partial charge in [-0.1, -0.05) is 11.6 Å². The molecular weight excluding hydrogens is 595 g/mol. The number of fused-ring (bicyclic) bond motifs is 3. The van der Waals surface area contributed by atoms with Gasteiger partial charge in [0.05, 0.1) is 16.9 Å². The van der Waals surface area contributed by atoms with Gasteiger partial charge in [0.2, 0.25) is 0 Å². The summed E-state index contributed by atoms with van der Waals surface area (Å²) < 4.78 is 18.9. The third-order valence-electron chi connectivity index (χ3n) is 7.07. The van der Waals surface area contributed by atoms with Crippen LogP contribution in [0.4, 0.5) is 0 Å². The van der Waals surface area contributed by atoms with Crippen molar-refractivity contribution in [3.05, 3.63) is 70.6 Å². The zero-order chi connectivity index (χ0) is 33.8. The molecule has 16 heteroatoms. The highest BCUT2D eigenvalue weighted by Crippen LogP contribution is 2.47. The van der Waals surface area contributed by atoms with Crippen LogP contribution in [0.5, 0.6) is 17.2 Å². The molecular formula is C30H22B6ClN5O4. The van der Waals surface area contributed by atoms with Crippen LogP contribution in [0.3, 0.4) is 0 Å². The lowest BCUT2D eigenvalue weighted by Crippen LogP contribution is -2.43. The highest BCUT2D eigenvalue weighted by molar-refractivity contribution is 6.58. The van der Waals surface area contributed by atoms with Crippen LogP contribution in [0.1, 0.15) is 42.4 Å². The molecule has 216 valence electrons. The molecule has 0 unspecified atom stereocenters. The molecule has 0 N–H and O–H groups in total. The molecule has 0 atom stereocenters. The highest BCUT2D eigenvalue weighted by Gasteiger charge is 2.35. The standard InChI is InChI=1S/C30H22B6ClN5O4/c1-28(2,3)41(4)27(43)25-22-14-44-23-10-24(46-30(34,35)36)20(16-5-15(11-38)12-39-13-16)9-21(23)26(22)42(40-25)18-6-17(37)7-19(8-18)45-29(31,32)33/h5-10,12-13H,14H2,1-4H3. The largest absolute Gasteiger partial charge is 0.516 e. The number of halogens is 1. The maximum Gasteiger partial charge on any atom is 0.274 e. The number of carbonyl (C=O) groups excluding carboxylic acids is 1. The fraction of sp³-hybridized carbons (Fsp3) is 0.267. The maximum absolute atomic E-state index is 13.9. The smallest absolute Gasteiger partial charge is 0.274 e. The Labute approximate surface area is 280 Å². The van der Waals surface area contributed by atoms with Gasteiger partial charge in [0, 0.05) is 64.4 Å². The first-order valence-corrected chi connectivity index (χ1v) is 14.2. The summed E-state index contributed by atoms with van der Waals surface area (Å²) in [5, 5.41) is 10.5. The molecule has 1 aliphatic heterocycles. The van der Waals surface area contributed by atoms with Gasteiger partial charge >= 0.3 is 0 Å². The summed E-state index contributed by atoms with van der Waals surface area (Å²) in [6.07, 6.45) is 2.95. The van der Waals surface area contributed by atoms with Crippen molar-refractivity contribution in [3.8, 4) is 51.4 Å². The minimum atomic E-state index is -2.05. The van der Waals surface area contributed by atoms with E-state index in [0.717, 1.165) is 0 Å². The zero-order valence-corrected chi connectivity index (χ0v) is 26.3. The molecule has 9 nitrogen and oxygen atoms in total. The van der Waals surface area contributed by atoms with Gasteiger partial charge in [0.1, 0.15) is 77.0 Å². The zero-order valence-electron chi connectivity index (χ0n) is 25.5. The lowest BCUT2D eigenvalue weighted by molar-refractivity contribution is 0.0646. The van der Waals surface area contributed by atoms with Crippen molar-refractivity contribution in [2.75, 3.05) is 7.05 Å². The first-order valence-electron chi connectivity index (χ1n) is 13.8. The molecule has 0 spiro atoms. The maximum atomic E-state index is 13.9. The van der Waals surface area contributed by atoms with Crippen LogP contribution in [0.2, 0.25) is 5.02 Å². The molecule has 0 bridgehead atoms. The average molecular weight is 617 g/mol. The number of pyridine rings is 1. The molecule has 2 aromatic heterocycles. The first-order chi connectivity index (χ1) is 21.3. The van der Waals surface area contributed by atoms with Gasteiger partial charge in [-0.2, -0.15) is 10.4 Å². The first kappa shape index (κ1) is 33.2. The molecule has 3 heterocycles. The molecule has 0 aliphatic carbocycles. The number of nitriles is 1. The number of benzene rings is 2. The van der Waals surface area contributed by atoms with Gasteiger partial charge in [0.25, 0.3) is 5.91 Å². The van der Waals surface area contributed by atoms with Crippen LogP contribution >= 0.6 is 11.6 Å². The van der Waals surface area contributed by atoms with E-state index in [1.807, 2.05) is 20.8 Å². The highest BCUT2D eigenvalue weighted by atomic mass is 35.5. The minimum absolute atomic E-state index is 0.0356. The molecule has 4 aromatic rings. The third kappa shape index (κ3) is 6.97. The Balaban J connectivity index is 1.81. The predicted octanol–water partition coefficient (Wildman–Crippen LogP) is 2.88. The monoisotopic (exact) mass is 617 g/mol. The van der Waals surface area contributed by atoms with Gasteiger partial charge in [-0.25, -0.2) is 4.68 Å². The summed E-state index contributed by atoms with van der Waals surface area (Å²) in [5.74, 6) is 0.307. The van der Waals surface area contributed by atoms with E-state index in [-0.39, 0.29) is 34.7 Å². The van der Waals surface area contributed by atoms with Gasteiger partial charge in [-0.3, -0.25) is 9.78 Å². The number of amides is 1. The van der Waals surface area contributed by atoms with Crippen LogP contribution in [-0.2, 0) is 6.61 Å². The topological polar surface area (TPSA) is 103 Å². The Bertz CT molecular complexity index is 1890. The summed E-state index contributed by atoms with van der Waals surface area (Å²) in [5.41, 5.74) is 2.72.